The van der Waals surface area contributed by atoms with Crippen LogP contribution in [0.25, 0.3) is 0 Å². The number of phenols is 2. The highest BCUT2D eigenvalue weighted by atomic mass is 16.5. The number of benzene rings is 3. The highest BCUT2D eigenvalue weighted by molar-refractivity contribution is 5.94. The van der Waals surface area contributed by atoms with Gasteiger partial charge in [-0.25, -0.2) is 9.59 Å². The molecule has 0 heterocycles. The predicted molar refractivity (Wildman–Crippen MR) is 92.6 cm³/mol. The summed E-state index contributed by atoms with van der Waals surface area (Å²) in [7, 11) is 0. The molecule has 0 aliphatic carbocycles. The van der Waals surface area contributed by atoms with Gasteiger partial charge in [0.15, 0.2) is 0 Å². The number of carbonyl (C=O) groups is 2. The number of phenolic OH excluding ortho intramolecular Hbond substituents is 2. The molecule has 3 aromatic carbocycles. The average molecular weight is 350 g/mol. The third-order valence-corrected chi connectivity index (χ3v) is 3.45. The van der Waals surface area contributed by atoms with E-state index in [1.54, 1.807) is 0 Å². The Morgan fingerprint density at radius 1 is 0.538 bits per heavy atom. The number of hydrogen-bond donors (Lipinski definition) is 2. The summed E-state index contributed by atoms with van der Waals surface area (Å²) in [6.07, 6.45) is 0. The highest BCUT2D eigenvalue weighted by Gasteiger charge is 2.12. The molecule has 0 unspecified atom stereocenters. The van der Waals surface area contributed by atoms with Gasteiger partial charge >= 0.3 is 11.9 Å². The van der Waals surface area contributed by atoms with Crippen LogP contribution in [-0.2, 0) is 0 Å². The van der Waals surface area contributed by atoms with Crippen LogP contribution in [0.5, 0.6) is 23.0 Å². The molecule has 130 valence electrons. The van der Waals surface area contributed by atoms with Gasteiger partial charge in [0.2, 0.25) is 0 Å². The van der Waals surface area contributed by atoms with Crippen molar-refractivity contribution in [2.75, 3.05) is 0 Å². The van der Waals surface area contributed by atoms with Crippen molar-refractivity contribution in [3.63, 3.8) is 0 Å². The molecule has 0 atom stereocenters. The lowest BCUT2D eigenvalue weighted by atomic mass is 10.1. The maximum absolute atomic E-state index is 12.1. The van der Waals surface area contributed by atoms with Crippen LogP contribution in [0.3, 0.4) is 0 Å². The van der Waals surface area contributed by atoms with Crippen LogP contribution in [0.4, 0.5) is 0 Å². The van der Waals surface area contributed by atoms with Crippen LogP contribution >= 0.6 is 0 Å². The first-order chi connectivity index (χ1) is 12.5. The van der Waals surface area contributed by atoms with Crippen molar-refractivity contribution < 1.29 is 29.3 Å². The summed E-state index contributed by atoms with van der Waals surface area (Å²) in [5.74, 6) is -0.446. The summed E-state index contributed by atoms with van der Waals surface area (Å²) in [6.45, 7) is 0. The summed E-state index contributed by atoms with van der Waals surface area (Å²) in [5, 5.41) is 18.4. The van der Waals surface area contributed by atoms with E-state index >= 15 is 0 Å². The van der Waals surface area contributed by atoms with E-state index in [2.05, 4.69) is 0 Å². The lowest BCUT2D eigenvalue weighted by Crippen LogP contribution is -2.11. The quantitative estimate of drug-likeness (QED) is 0.552. The van der Waals surface area contributed by atoms with E-state index in [9.17, 15) is 19.8 Å². The van der Waals surface area contributed by atoms with E-state index in [1.165, 1.54) is 72.8 Å². The average Bonchev–Trinajstić information content (AvgIpc) is 2.65. The first-order valence-electron chi connectivity index (χ1n) is 7.64. The summed E-state index contributed by atoms with van der Waals surface area (Å²) in [4.78, 5) is 24.2. The lowest BCUT2D eigenvalue weighted by Gasteiger charge is -2.06. The van der Waals surface area contributed by atoms with Gasteiger partial charge < -0.3 is 19.7 Å². The Labute approximate surface area is 148 Å². The minimum Gasteiger partial charge on any atom is -0.508 e. The normalized spacial score (nSPS) is 10.2. The number of carbonyl (C=O) groups excluding carboxylic acids is 2. The van der Waals surface area contributed by atoms with Gasteiger partial charge in [-0.05, 0) is 72.8 Å². The Hall–Kier alpha value is -3.80. The van der Waals surface area contributed by atoms with Crippen molar-refractivity contribution in [1.82, 2.24) is 0 Å². The molecule has 2 N–H and O–H groups in total. The number of rotatable bonds is 4. The molecule has 3 rings (SSSR count). The summed E-state index contributed by atoms with van der Waals surface area (Å²) < 4.78 is 10.3. The molecule has 0 radical (unpaired) electrons. The molecule has 0 spiro atoms. The van der Waals surface area contributed by atoms with Gasteiger partial charge in [0.25, 0.3) is 0 Å². The van der Waals surface area contributed by atoms with Crippen molar-refractivity contribution in [2.24, 2.45) is 0 Å². The molecule has 0 aliphatic rings. The van der Waals surface area contributed by atoms with Gasteiger partial charge in [0.1, 0.15) is 23.0 Å². The van der Waals surface area contributed by atoms with Crippen LogP contribution < -0.4 is 9.47 Å². The Morgan fingerprint density at radius 3 is 1.15 bits per heavy atom. The molecule has 0 bridgehead atoms. The van der Waals surface area contributed by atoms with E-state index in [0.29, 0.717) is 11.5 Å². The maximum atomic E-state index is 12.1. The monoisotopic (exact) mass is 350 g/mol. The minimum atomic E-state index is -0.589. The number of esters is 2. The topological polar surface area (TPSA) is 93.1 Å². The Morgan fingerprint density at radius 2 is 0.846 bits per heavy atom. The Kier molecular flexibility index (Phi) is 4.85. The molecule has 0 saturated heterocycles. The zero-order chi connectivity index (χ0) is 18.5. The molecule has 0 fully saturated rings. The molecular weight excluding hydrogens is 336 g/mol. The smallest absolute Gasteiger partial charge is 0.343 e. The molecule has 3 aromatic rings. The van der Waals surface area contributed by atoms with Crippen molar-refractivity contribution in [1.29, 1.82) is 0 Å². The molecule has 0 saturated carbocycles. The third kappa shape index (κ3) is 4.18. The van der Waals surface area contributed by atoms with Crippen LogP contribution in [0.1, 0.15) is 20.7 Å². The molecule has 6 heteroatoms. The van der Waals surface area contributed by atoms with Crippen LogP contribution in [0.2, 0.25) is 0 Å². The van der Waals surface area contributed by atoms with Gasteiger partial charge in [-0.15, -0.1) is 0 Å². The van der Waals surface area contributed by atoms with Gasteiger partial charge in [0, 0.05) is 0 Å². The third-order valence-electron chi connectivity index (χ3n) is 3.45. The van der Waals surface area contributed by atoms with Crippen LogP contribution in [0.15, 0.2) is 72.8 Å². The van der Waals surface area contributed by atoms with Gasteiger partial charge in [-0.1, -0.05) is 0 Å². The Balaban J connectivity index is 1.65. The minimum absolute atomic E-state index is 0.0706. The molecule has 6 nitrogen and oxygen atoms in total. The van der Waals surface area contributed by atoms with Crippen molar-refractivity contribution >= 4 is 11.9 Å². The van der Waals surface area contributed by atoms with Crippen molar-refractivity contribution in [2.45, 2.75) is 0 Å². The van der Waals surface area contributed by atoms with Gasteiger partial charge in [-0.2, -0.15) is 0 Å². The first kappa shape index (κ1) is 17.0. The van der Waals surface area contributed by atoms with Crippen LogP contribution in [0, 0.1) is 0 Å². The van der Waals surface area contributed by atoms with Crippen molar-refractivity contribution in [3.05, 3.63) is 83.9 Å². The number of aromatic hydroxyl groups is 2. The standard InChI is InChI=1S/C20H14O6/c21-15-5-9-17(10-6-15)25-19(23)13-1-2-14(4-3-13)20(24)26-18-11-7-16(22)8-12-18/h1-12,21-22H. The molecule has 0 amide bonds. The Bertz CT molecular complexity index is 834. The van der Waals surface area contributed by atoms with E-state index in [-0.39, 0.29) is 22.6 Å². The second kappa shape index (κ2) is 7.40. The van der Waals surface area contributed by atoms with Gasteiger partial charge in [0.05, 0.1) is 11.1 Å². The van der Waals surface area contributed by atoms with E-state index < -0.39 is 11.9 Å². The second-order valence-corrected chi connectivity index (χ2v) is 5.34. The van der Waals surface area contributed by atoms with Gasteiger partial charge in [-0.3, -0.25) is 0 Å². The molecule has 0 aliphatic heterocycles. The highest BCUT2D eigenvalue weighted by Crippen LogP contribution is 2.19. The van der Waals surface area contributed by atoms with E-state index in [0.717, 1.165) is 0 Å². The summed E-state index contributed by atoms with van der Waals surface area (Å²) >= 11 is 0. The number of hydrogen-bond acceptors (Lipinski definition) is 6. The largest absolute Gasteiger partial charge is 0.508 e. The molecule has 0 aromatic heterocycles. The zero-order valence-corrected chi connectivity index (χ0v) is 13.5. The number of ether oxygens (including phenoxy) is 2. The SMILES string of the molecule is O=C(Oc1ccc(O)cc1)c1ccc(C(=O)Oc2ccc(O)cc2)cc1. The lowest BCUT2D eigenvalue weighted by molar-refractivity contribution is 0.0720. The van der Waals surface area contributed by atoms with Crippen molar-refractivity contribution in [3.8, 4) is 23.0 Å². The first-order valence-corrected chi connectivity index (χ1v) is 7.64. The second-order valence-electron chi connectivity index (χ2n) is 5.34. The fourth-order valence-corrected chi connectivity index (χ4v) is 2.10. The maximum Gasteiger partial charge on any atom is 0.343 e. The van der Waals surface area contributed by atoms with E-state index in [4.69, 9.17) is 9.47 Å². The summed E-state index contributed by atoms with van der Waals surface area (Å²) in [5.41, 5.74) is 0.526. The molecular formula is C20H14O6. The van der Waals surface area contributed by atoms with E-state index in [1.807, 2.05) is 0 Å². The molecule has 26 heavy (non-hydrogen) atoms. The predicted octanol–water partition coefficient (Wildman–Crippen LogP) is 3.54. The fourth-order valence-electron chi connectivity index (χ4n) is 2.10. The summed E-state index contributed by atoms with van der Waals surface area (Å²) in [6, 6.07) is 17.3. The fraction of sp³-hybridized carbons (Fsp3) is 0. The zero-order valence-electron chi connectivity index (χ0n) is 13.5. The van der Waals surface area contributed by atoms with Crippen LogP contribution in [-0.4, -0.2) is 22.2 Å².